The molecule has 6 heteroatoms. The third-order valence-electron chi connectivity index (χ3n) is 4.18. The van der Waals surface area contributed by atoms with E-state index in [1.165, 1.54) is 0 Å². The summed E-state index contributed by atoms with van der Waals surface area (Å²) in [6.07, 6.45) is 0. The zero-order chi connectivity index (χ0) is 14.5. The maximum Gasteiger partial charge on any atom is 0.500 e. The molecule has 108 valence electrons. The Kier molecular flexibility index (Phi) is 3.20. The first-order valence-corrected chi connectivity index (χ1v) is 7.13. The van der Waals surface area contributed by atoms with Gasteiger partial charge in [-0.3, -0.25) is 0 Å². The molecule has 0 aliphatic carbocycles. The van der Waals surface area contributed by atoms with Gasteiger partial charge in [0.25, 0.3) is 0 Å². The van der Waals surface area contributed by atoms with Crippen molar-refractivity contribution in [3.63, 3.8) is 0 Å². The van der Waals surface area contributed by atoms with Gasteiger partial charge in [0.05, 0.1) is 11.2 Å². The van der Waals surface area contributed by atoms with Gasteiger partial charge in [0.1, 0.15) is 13.2 Å². The fourth-order valence-electron chi connectivity index (χ4n) is 2.29. The smallest absolute Gasteiger partial charge is 0.486 e. The minimum absolute atomic E-state index is 0.417. The highest BCUT2D eigenvalue weighted by atomic mass is 35.5. The number of hydrogen-bond donors (Lipinski definition) is 0. The van der Waals surface area contributed by atoms with E-state index in [-0.39, 0.29) is 0 Å². The van der Waals surface area contributed by atoms with Gasteiger partial charge in [-0.1, -0.05) is 11.6 Å². The van der Waals surface area contributed by atoms with Crippen molar-refractivity contribution < 1.29 is 18.8 Å². The van der Waals surface area contributed by atoms with E-state index in [9.17, 15) is 0 Å². The molecular formula is C14H18BClO4. The van der Waals surface area contributed by atoms with Crippen molar-refractivity contribution in [3.05, 3.63) is 17.2 Å². The second-order valence-corrected chi connectivity index (χ2v) is 6.48. The van der Waals surface area contributed by atoms with Crippen molar-refractivity contribution in [1.82, 2.24) is 0 Å². The molecule has 1 aromatic carbocycles. The summed E-state index contributed by atoms with van der Waals surface area (Å²) in [5, 5.41) is 0.563. The lowest BCUT2D eigenvalue weighted by Gasteiger charge is -2.32. The average Bonchev–Trinajstić information content (AvgIpc) is 2.57. The first kappa shape index (κ1) is 14.0. The summed E-state index contributed by atoms with van der Waals surface area (Å²) < 4.78 is 23.4. The van der Waals surface area contributed by atoms with Crippen LogP contribution in [0, 0.1) is 0 Å². The number of halogens is 1. The SMILES string of the molecule is CC1(C)OB(c2c(Cl)ccc3c2OCCO3)OC1(C)C. The van der Waals surface area contributed by atoms with E-state index < -0.39 is 18.3 Å². The van der Waals surface area contributed by atoms with Gasteiger partial charge in [-0.15, -0.1) is 0 Å². The highest BCUT2D eigenvalue weighted by Gasteiger charge is 2.53. The summed E-state index contributed by atoms with van der Waals surface area (Å²) in [5.74, 6) is 1.31. The minimum atomic E-state index is -0.552. The first-order valence-electron chi connectivity index (χ1n) is 6.75. The van der Waals surface area contributed by atoms with Gasteiger partial charge >= 0.3 is 7.12 Å². The number of rotatable bonds is 1. The summed E-state index contributed by atoms with van der Waals surface area (Å²) in [6, 6.07) is 3.60. The van der Waals surface area contributed by atoms with Crippen molar-refractivity contribution in [2.45, 2.75) is 38.9 Å². The quantitative estimate of drug-likeness (QED) is 0.746. The summed E-state index contributed by atoms with van der Waals surface area (Å²) in [5.41, 5.74) is -0.124. The van der Waals surface area contributed by atoms with E-state index in [0.717, 1.165) is 0 Å². The molecular weight excluding hydrogens is 278 g/mol. The van der Waals surface area contributed by atoms with Crippen LogP contribution in [0.1, 0.15) is 27.7 Å². The van der Waals surface area contributed by atoms with Crippen LogP contribution in [0.5, 0.6) is 11.5 Å². The van der Waals surface area contributed by atoms with Gasteiger partial charge in [-0.2, -0.15) is 0 Å². The average molecular weight is 297 g/mol. The van der Waals surface area contributed by atoms with Gasteiger partial charge in [-0.25, -0.2) is 0 Å². The van der Waals surface area contributed by atoms with Crippen LogP contribution in [0.25, 0.3) is 0 Å². The van der Waals surface area contributed by atoms with Crippen molar-refractivity contribution in [2.75, 3.05) is 13.2 Å². The van der Waals surface area contributed by atoms with Crippen LogP contribution in [0.3, 0.4) is 0 Å². The summed E-state index contributed by atoms with van der Waals surface area (Å²) in [7, 11) is -0.552. The van der Waals surface area contributed by atoms with Gasteiger partial charge < -0.3 is 18.8 Å². The molecule has 2 aliphatic rings. The lowest BCUT2D eigenvalue weighted by molar-refractivity contribution is 0.00578. The van der Waals surface area contributed by atoms with Crippen molar-refractivity contribution in [2.24, 2.45) is 0 Å². The highest BCUT2D eigenvalue weighted by Crippen LogP contribution is 2.40. The Morgan fingerprint density at radius 2 is 1.60 bits per heavy atom. The van der Waals surface area contributed by atoms with Crippen LogP contribution in [0.2, 0.25) is 5.02 Å². The molecule has 0 N–H and O–H groups in total. The van der Waals surface area contributed by atoms with E-state index in [1.807, 2.05) is 33.8 Å². The largest absolute Gasteiger partial charge is 0.500 e. The predicted molar refractivity (Wildman–Crippen MR) is 78.2 cm³/mol. The molecule has 3 rings (SSSR count). The molecule has 0 spiro atoms. The molecule has 0 saturated carbocycles. The molecule has 0 radical (unpaired) electrons. The zero-order valence-corrected chi connectivity index (χ0v) is 12.9. The summed E-state index contributed by atoms with van der Waals surface area (Å²) in [4.78, 5) is 0. The fourth-order valence-corrected chi connectivity index (χ4v) is 2.53. The van der Waals surface area contributed by atoms with E-state index in [0.29, 0.717) is 35.2 Å². The second-order valence-electron chi connectivity index (χ2n) is 6.07. The Labute approximate surface area is 124 Å². The van der Waals surface area contributed by atoms with Gasteiger partial charge in [0.15, 0.2) is 11.5 Å². The van der Waals surface area contributed by atoms with E-state index in [1.54, 1.807) is 6.07 Å². The van der Waals surface area contributed by atoms with E-state index in [2.05, 4.69) is 0 Å². The van der Waals surface area contributed by atoms with Gasteiger partial charge in [0, 0.05) is 10.5 Å². The summed E-state index contributed by atoms with van der Waals surface area (Å²) in [6.45, 7) is 9.07. The van der Waals surface area contributed by atoms with E-state index in [4.69, 9.17) is 30.4 Å². The van der Waals surface area contributed by atoms with Crippen LogP contribution < -0.4 is 14.9 Å². The molecule has 20 heavy (non-hydrogen) atoms. The Hall–Kier alpha value is -0.905. The number of benzene rings is 1. The standard InChI is InChI=1S/C14H18BClO4/c1-13(2)14(3,4)20-15(19-13)11-9(16)5-6-10-12(11)18-8-7-17-10/h5-6H,7-8H2,1-4H3. The molecule has 0 bridgehead atoms. The fraction of sp³-hybridized carbons (Fsp3) is 0.571. The third-order valence-corrected chi connectivity index (χ3v) is 4.51. The Balaban J connectivity index is 2.04. The molecule has 0 unspecified atom stereocenters. The summed E-state index contributed by atoms with van der Waals surface area (Å²) >= 11 is 6.33. The lowest BCUT2D eigenvalue weighted by atomic mass is 9.78. The third kappa shape index (κ3) is 2.08. The molecule has 1 aromatic rings. The van der Waals surface area contributed by atoms with Crippen molar-refractivity contribution in [1.29, 1.82) is 0 Å². The van der Waals surface area contributed by atoms with Crippen LogP contribution in [-0.2, 0) is 9.31 Å². The maximum atomic E-state index is 6.33. The molecule has 0 atom stereocenters. The number of hydrogen-bond acceptors (Lipinski definition) is 4. The second kappa shape index (κ2) is 4.55. The van der Waals surface area contributed by atoms with Crippen LogP contribution in [-0.4, -0.2) is 31.5 Å². The van der Waals surface area contributed by atoms with Crippen LogP contribution >= 0.6 is 11.6 Å². The molecule has 0 amide bonds. The molecule has 0 aromatic heterocycles. The van der Waals surface area contributed by atoms with Crippen LogP contribution in [0.15, 0.2) is 12.1 Å². The lowest BCUT2D eigenvalue weighted by Crippen LogP contribution is -2.41. The first-order chi connectivity index (χ1) is 9.32. The monoisotopic (exact) mass is 296 g/mol. The van der Waals surface area contributed by atoms with Crippen molar-refractivity contribution >= 4 is 24.2 Å². The Morgan fingerprint density at radius 1 is 1.00 bits per heavy atom. The molecule has 2 aliphatic heterocycles. The number of ether oxygens (including phenoxy) is 2. The Morgan fingerprint density at radius 3 is 2.25 bits per heavy atom. The molecule has 1 saturated heterocycles. The van der Waals surface area contributed by atoms with E-state index >= 15 is 0 Å². The zero-order valence-electron chi connectivity index (χ0n) is 12.2. The van der Waals surface area contributed by atoms with Crippen molar-refractivity contribution in [3.8, 4) is 11.5 Å². The van der Waals surface area contributed by atoms with Gasteiger partial charge in [0.2, 0.25) is 0 Å². The molecule has 2 heterocycles. The maximum absolute atomic E-state index is 6.33. The topological polar surface area (TPSA) is 36.9 Å². The van der Waals surface area contributed by atoms with Gasteiger partial charge in [-0.05, 0) is 39.8 Å². The number of fused-ring (bicyclic) bond motifs is 1. The minimum Gasteiger partial charge on any atom is -0.486 e. The van der Waals surface area contributed by atoms with Crippen LogP contribution in [0.4, 0.5) is 0 Å². The normalized spacial score (nSPS) is 22.9. The molecule has 1 fully saturated rings. The highest BCUT2D eigenvalue weighted by molar-refractivity contribution is 6.66. The Bertz CT molecular complexity index is 528. The molecule has 4 nitrogen and oxygen atoms in total. The predicted octanol–water partition coefficient (Wildman–Crippen LogP) is 2.41.